The number of hydrogen-bond acceptors (Lipinski definition) is 5. The van der Waals surface area contributed by atoms with Crippen molar-refractivity contribution in [1.29, 1.82) is 0 Å². The third-order valence-electron chi connectivity index (χ3n) is 7.02. The molecule has 0 radical (unpaired) electrons. The van der Waals surface area contributed by atoms with Gasteiger partial charge in [-0.05, 0) is 18.4 Å². The van der Waals surface area contributed by atoms with Crippen molar-refractivity contribution in [3.63, 3.8) is 0 Å². The summed E-state index contributed by atoms with van der Waals surface area (Å²) in [6, 6.07) is 10.2. The molecular weight excluding hydrogens is 352 g/mol. The van der Waals surface area contributed by atoms with E-state index in [9.17, 15) is 9.59 Å². The molecule has 1 aromatic carbocycles. The largest absolute Gasteiger partial charge is 0.362 e. The summed E-state index contributed by atoms with van der Waals surface area (Å²) in [5, 5.41) is 12.0. The molecule has 4 aliphatic rings. The average molecular weight is 376 g/mol. The van der Waals surface area contributed by atoms with Gasteiger partial charge in [0, 0.05) is 43.3 Å². The Balaban J connectivity index is 1.71. The zero-order valence-electron chi connectivity index (χ0n) is 16.2. The van der Waals surface area contributed by atoms with Crippen molar-refractivity contribution in [2.45, 2.75) is 44.2 Å². The van der Waals surface area contributed by atoms with Gasteiger partial charge in [-0.1, -0.05) is 37.3 Å². The van der Waals surface area contributed by atoms with Crippen molar-refractivity contribution in [2.75, 3.05) is 13.6 Å². The highest BCUT2D eigenvalue weighted by molar-refractivity contribution is 6.05. The van der Waals surface area contributed by atoms with Gasteiger partial charge in [0.2, 0.25) is 5.91 Å². The predicted molar refractivity (Wildman–Crippen MR) is 104 cm³/mol. The van der Waals surface area contributed by atoms with E-state index < -0.39 is 10.8 Å². The lowest BCUT2D eigenvalue weighted by molar-refractivity contribution is -0.138. The molecular formula is C22H24N4O2. The summed E-state index contributed by atoms with van der Waals surface area (Å²) in [5.74, 6) is 0.166. The fourth-order valence-electron chi connectivity index (χ4n) is 5.67. The number of likely N-dealkylation sites (tertiary alicyclic amines) is 1. The van der Waals surface area contributed by atoms with Crippen molar-refractivity contribution in [3.8, 4) is 0 Å². The first-order valence-corrected chi connectivity index (χ1v) is 9.97. The number of azo groups is 1. The predicted octanol–water partition coefficient (Wildman–Crippen LogP) is 3.08. The van der Waals surface area contributed by atoms with Crippen LogP contribution < -0.4 is 5.32 Å². The molecule has 1 spiro atoms. The second-order valence-corrected chi connectivity index (χ2v) is 8.37. The van der Waals surface area contributed by atoms with Crippen molar-refractivity contribution in [3.05, 3.63) is 58.9 Å². The van der Waals surface area contributed by atoms with Crippen LogP contribution in [-0.2, 0) is 15.0 Å². The number of benzene rings is 1. The summed E-state index contributed by atoms with van der Waals surface area (Å²) in [7, 11) is 1.83. The summed E-state index contributed by atoms with van der Waals surface area (Å²) < 4.78 is 0. The number of Topliss-reactive ketones (excluding diaryl/α,β-unsaturated/α-hetero) is 1. The maximum atomic E-state index is 13.6. The third kappa shape index (κ3) is 2.09. The van der Waals surface area contributed by atoms with E-state index in [1.165, 1.54) is 0 Å². The van der Waals surface area contributed by atoms with Crippen LogP contribution in [-0.4, -0.2) is 36.3 Å². The molecule has 6 heteroatoms. The molecule has 0 aromatic heterocycles. The van der Waals surface area contributed by atoms with Crippen molar-refractivity contribution >= 4 is 11.7 Å². The summed E-state index contributed by atoms with van der Waals surface area (Å²) in [6.45, 7) is 2.83. The molecule has 28 heavy (non-hydrogen) atoms. The van der Waals surface area contributed by atoms with Gasteiger partial charge >= 0.3 is 0 Å². The maximum Gasteiger partial charge on any atom is 0.229 e. The molecule has 1 saturated heterocycles. The third-order valence-corrected chi connectivity index (χ3v) is 7.02. The molecule has 3 atom stereocenters. The minimum absolute atomic E-state index is 0.0781. The molecule has 1 amide bonds. The normalized spacial score (nSPS) is 33.9. The number of fused-ring (bicyclic) bond motifs is 1. The molecule has 1 N–H and O–H groups in total. The van der Waals surface area contributed by atoms with Crippen LogP contribution in [0.15, 0.2) is 63.6 Å². The first-order valence-electron chi connectivity index (χ1n) is 9.97. The highest BCUT2D eigenvalue weighted by Gasteiger charge is 2.57. The Morgan fingerprint density at radius 1 is 1.21 bits per heavy atom. The van der Waals surface area contributed by atoms with Crippen LogP contribution in [0, 0.1) is 5.41 Å². The summed E-state index contributed by atoms with van der Waals surface area (Å²) in [4.78, 5) is 28.3. The second-order valence-electron chi connectivity index (χ2n) is 8.37. The fraction of sp³-hybridized carbons (Fsp3) is 0.455. The first-order chi connectivity index (χ1) is 13.5. The van der Waals surface area contributed by atoms with Crippen LogP contribution in [0.25, 0.3) is 0 Å². The van der Waals surface area contributed by atoms with E-state index in [2.05, 4.69) is 34.6 Å². The maximum absolute atomic E-state index is 13.6. The summed E-state index contributed by atoms with van der Waals surface area (Å²) >= 11 is 0. The Kier molecular flexibility index (Phi) is 3.63. The van der Waals surface area contributed by atoms with Crippen LogP contribution in [0.1, 0.15) is 38.2 Å². The van der Waals surface area contributed by atoms with E-state index >= 15 is 0 Å². The van der Waals surface area contributed by atoms with Crippen LogP contribution in [0.5, 0.6) is 0 Å². The molecule has 1 unspecified atom stereocenters. The highest BCUT2D eigenvalue weighted by Crippen LogP contribution is 2.55. The molecule has 0 saturated carbocycles. The van der Waals surface area contributed by atoms with Crippen LogP contribution in [0.2, 0.25) is 0 Å². The van der Waals surface area contributed by atoms with Crippen LogP contribution in [0.3, 0.4) is 0 Å². The summed E-state index contributed by atoms with van der Waals surface area (Å²) in [6.07, 6.45) is 3.88. The van der Waals surface area contributed by atoms with E-state index in [1.54, 1.807) is 4.90 Å². The van der Waals surface area contributed by atoms with E-state index in [0.717, 1.165) is 35.2 Å². The first kappa shape index (κ1) is 17.3. The lowest BCUT2D eigenvalue weighted by Gasteiger charge is -2.47. The van der Waals surface area contributed by atoms with E-state index in [1.807, 2.05) is 31.4 Å². The Labute approximate surface area is 164 Å². The van der Waals surface area contributed by atoms with Gasteiger partial charge in [-0.25, -0.2) is 0 Å². The number of carbonyl (C=O) groups excluding carboxylic acids is 2. The molecule has 0 bridgehead atoms. The van der Waals surface area contributed by atoms with E-state index in [-0.39, 0.29) is 24.3 Å². The van der Waals surface area contributed by atoms with Crippen molar-refractivity contribution in [2.24, 2.45) is 15.6 Å². The Morgan fingerprint density at radius 2 is 2.00 bits per heavy atom. The lowest BCUT2D eigenvalue weighted by atomic mass is 9.58. The van der Waals surface area contributed by atoms with Crippen LogP contribution >= 0.6 is 0 Å². The fourth-order valence-corrected chi connectivity index (χ4v) is 5.67. The SMILES string of the molecule is CC[C@]1(c2ccccc2)C2=CN=NC2NC2=C1C(=O)C[C@@]1(CCN(C)C1=O)C2. The Bertz CT molecular complexity index is 964. The molecule has 5 rings (SSSR count). The van der Waals surface area contributed by atoms with E-state index in [0.29, 0.717) is 13.0 Å². The number of carbonyl (C=O) groups is 2. The topological polar surface area (TPSA) is 74.1 Å². The quantitative estimate of drug-likeness (QED) is 0.862. The Hall–Kier alpha value is -2.76. The molecule has 3 heterocycles. The highest BCUT2D eigenvalue weighted by atomic mass is 16.2. The molecule has 3 aliphatic heterocycles. The van der Waals surface area contributed by atoms with E-state index in [4.69, 9.17) is 0 Å². The Morgan fingerprint density at radius 3 is 2.68 bits per heavy atom. The average Bonchev–Trinajstić information content (AvgIpc) is 3.28. The van der Waals surface area contributed by atoms with Gasteiger partial charge in [-0.15, -0.1) is 0 Å². The van der Waals surface area contributed by atoms with Gasteiger partial charge in [-0.2, -0.15) is 10.2 Å². The number of allylic oxidation sites excluding steroid dienone is 2. The number of ketones is 1. The smallest absolute Gasteiger partial charge is 0.229 e. The molecule has 6 nitrogen and oxygen atoms in total. The minimum Gasteiger partial charge on any atom is -0.362 e. The number of rotatable bonds is 2. The molecule has 1 aliphatic carbocycles. The van der Waals surface area contributed by atoms with Crippen LogP contribution in [0.4, 0.5) is 0 Å². The number of hydrogen-bond donors (Lipinski definition) is 1. The zero-order valence-corrected chi connectivity index (χ0v) is 16.2. The van der Waals surface area contributed by atoms with Gasteiger partial charge in [0.1, 0.15) is 0 Å². The molecule has 144 valence electrons. The number of nitrogens with zero attached hydrogens (tertiary/aromatic N) is 3. The zero-order chi connectivity index (χ0) is 19.5. The molecule has 1 aromatic rings. The van der Waals surface area contributed by atoms with Crippen molar-refractivity contribution < 1.29 is 9.59 Å². The standard InChI is InChI=1S/C22H24N4O2/c1-3-22(14-7-5-4-6-8-14)15-13-23-25-19(15)24-16-11-21(12-17(27)18(16)22)9-10-26(2)20(21)28/h4-8,13,19,24H,3,9-12H2,1-2H3/t19?,21-,22+/m1/s1. The number of amides is 1. The lowest BCUT2D eigenvalue weighted by Crippen LogP contribution is -2.53. The van der Waals surface area contributed by atoms with Gasteiger partial charge < -0.3 is 10.2 Å². The second kappa shape index (κ2) is 5.87. The van der Waals surface area contributed by atoms with Crippen molar-refractivity contribution in [1.82, 2.24) is 10.2 Å². The number of nitrogens with one attached hydrogen (secondary N) is 1. The van der Waals surface area contributed by atoms with Gasteiger partial charge in [0.25, 0.3) is 0 Å². The minimum atomic E-state index is -0.606. The summed E-state index contributed by atoms with van der Waals surface area (Å²) in [5.41, 5.74) is 2.67. The monoisotopic (exact) mass is 376 g/mol. The van der Waals surface area contributed by atoms with Gasteiger partial charge in [-0.3, -0.25) is 9.59 Å². The molecule has 1 fully saturated rings. The van der Waals surface area contributed by atoms with Gasteiger partial charge in [0.05, 0.1) is 17.0 Å². The van der Waals surface area contributed by atoms with Gasteiger partial charge in [0.15, 0.2) is 11.9 Å².